The van der Waals surface area contributed by atoms with E-state index in [9.17, 15) is 13.6 Å². The van der Waals surface area contributed by atoms with Gasteiger partial charge in [-0.05, 0) is 13.8 Å². The van der Waals surface area contributed by atoms with E-state index in [0.717, 1.165) is 0 Å². The van der Waals surface area contributed by atoms with Gasteiger partial charge in [-0.3, -0.25) is 0 Å². The number of rotatable bonds is 0. The normalized spacial score (nSPS) is 28.7. The molecule has 0 aromatic rings. The molecule has 0 aliphatic carbocycles. The highest BCUT2D eigenvalue weighted by molar-refractivity contribution is 5.85. The fourth-order valence-electron chi connectivity index (χ4n) is 0.559. The summed E-state index contributed by atoms with van der Waals surface area (Å²) in [7, 11) is 0. The van der Waals surface area contributed by atoms with E-state index >= 15 is 0 Å². The largest absolute Gasteiger partial charge is 0.448 e. The lowest BCUT2D eigenvalue weighted by molar-refractivity contribution is -0.274. The molecular weight excluding hydrogens is 130 g/mol. The molecule has 9 heavy (non-hydrogen) atoms. The number of hydrogen-bond acceptors (Lipinski definition) is 2. The number of ether oxygens (including phenoxy) is 1. The first kappa shape index (κ1) is 6.45. The molecule has 0 aromatic heterocycles. The summed E-state index contributed by atoms with van der Waals surface area (Å²) < 4.78 is 28.6. The third kappa shape index (κ3) is 0.557. The van der Waals surface area contributed by atoms with Gasteiger partial charge in [0.2, 0.25) is 0 Å². The topological polar surface area (TPSA) is 26.3 Å². The highest BCUT2D eigenvalue weighted by Gasteiger charge is 2.67. The van der Waals surface area contributed by atoms with Crippen LogP contribution in [0, 0.1) is 0 Å². The molecule has 0 amide bonds. The first-order chi connectivity index (χ1) is 3.88. The minimum atomic E-state index is -3.28. The van der Waals surface area contributed by atoms with Crippen LogP contribution in [0.25, 0.3) is 0 Å². The van der Waals surface area contributed by atoms with E-state index in [4.69, 9.17) is 0 Å². The second kappa shape index (κ2) is 1.25. The van der Waals surface area contributed by atoms with Crippen molar-refractivity contribution in [2.24, 2.45) is 0 Å². The Bertz CT molecular complexity index is 162. The molecule has 0 atom stereocenters. The average Bonchev–Trinajstić information content (AvgIpc) is 1.65. The molecule has 1 fully saturated rings. The van der Waals surface area contributed by atoms with Gasteiger partial charge in [-0.1, -0.05) is 0 Å². The van der Waals surface area contributed by atoms with Crippen molar-refractivity contribution in [3.8, 4) is 0 Å². The predicted molar refractivity (Wildman–Crippen MR) is 25.1 cm³/mol. The Morgan fingerprint density at radius 3 is 1.89 bits per heavy atom. The smallest absolute Gasteiger partial charge is 0.382 e. The fraction of sp³-hybridized carbons (Fsp3) is 0.800. The molecule has 1 saturated heterocycles. The zero-order chi connectivity index (χ0) is 7.28. The summed E-state index contributed by atoms with van der Waals surface area (Å²) in [5.41, 5.74) is -1.59. The summed E-state index contributed by atoms with van der Waals surface area (Å²) in [5, 5.41) is 0. The molecule has 1 heterocycles. The Balaban J connectivity index is 2.82. The van der Waals surface area contributed by atoms with E-state index in [-0.39, 0.29) is 0 Å². The number of cyclic esters (lactones) is 1. The number of esters is 1. The van der Waals surface area contributed by atoms with Crippen molar-refractivity contribution < 1.29 is 18.3 Å². The monoisotopic (exact) mass is 136 g/mol. The summed E-state index contributed by atoms with van der Waals surface area (Å²) in [6.45, 7) is 2.35. The van der Waals surface area contributed by atoms with Crippen LogP contribution in [-0.4, -0.2) is 17.5 Å². The van der Waals surface area contributed by atoms with Crippen molar-refractivity contribution >= 4 is 5.97 Å². The molecule has 0 aromatic carbocycles. The molecule has 52 valence electrons. The molecule has 0 radical (unpaired) electrons. The van der Waals surface area contributed by atoms with Crippen molar-refractivity contribution in [2.75, 3.05) is 0 Å². The van der Waals surface area contributed by atoms with Gasteiger partial charge in [0, 0.05) is 0 Å². The van der Waals surface area contributed by atoms with Crippen molar-refractivity contribution in [1.82, 2.24) is 0 Å². The fourth-order valence-corrected chi connectivity index (χ4v) is 0.559. The van der Waals surface area contributed by atoms with E-state index < -0.39 is 17.5 Å². The number of halogens is 2. The van der Waals surface area contributed by atoms with Crippen LogP contribution in [0.3, 0.4) is 0 Å². The van der Waals surface area contributed by atoms with Crippen LogP contribution in [0.2, 0.25) is 0 Å². The summed E-state index contributed by atoms with van der Waals surface area (Å²) in [5.74, 6) is -4.71. The van der Waals surface area contributed by atoms with Crippen LogP contribution < -0.4 is 0 Å². The van der Waals surface area contributed by atoms with E-state index in [0.29, 0.717) is 0 Å². The lowest BCUT2D eigenvalue weighted by atomic mass is 9.95. The summed E-state index contributed by atoms with van der Waals surface area (Å²) >= 11 is 0. The molecule has 4 heteroatoms. The Kier molecular flexibility index (Phi) is 0.896. The number of alkyl halides is 2. The third-order valence-electron chi connectivity index (χ3n) is 1.36. The molecule has 0 unspecified atom stereocenters. The second-order valence-corrected chi connectivity index (χ2v) is 2.47. The van der Waals surface area contributed by atoms with Crippen molar-refractivity contribution in [2.45, 2.75) is 25.4 Å². The van der Waals surface area contributed by atoms with E-state index in [1.165, 1.54) is 13.8 Å². The summed E-state index contributed by atoms with van der Waals surface area (Å²) in [6, 6.07) is 0. The Hall–Kier alpha value is -0.670. The maximum atomic E-state index is 12.2. The van der Waals surface area contributed by atoms with Crippen molar-refractivity contribution in [3.05, 3.63) is 0 Å². The molecule has 1 rings (SSSR count). The zero-order valence-electron chi connectivity index (χ0n) is 5.07. The van der Waals surface area contributed by atoms with Gasteiger partial charge >= 0.3 is 11.9 Å². The van der Waals surface area contributed by atoms with E-state index in [2.05, 4.69) is 4.74 Å². The predicted octanol–water partition coefficient (Wildman–Crippen LogP) is 0.957. The molecule has 0 bridgehead atoms. The number of carbonyl (C=O) groups excluding carboxylic acids is 1. The number of carbonyl (C=O) groups is 1. The average molecular weight is 136 g/mol. The van der Waals surface area contributed by atoms with E-state index in [1.54, 1.807) is 0 Å². The first-order valence-electron chi connectivity index (χ1n) is 2.49. The molecule has 0 N–H and O–H groups in total. The van der Waals surface area contributed by atoms with Crippen LogP contribution in [0.1, 0.15) is 13.8 Å². The summed E-state index contributed by atoms with van der Waals surface area (Å²) in [4.78, 5) is 10.00. The number of hydrogen-bond donors (Lipinski definition) is 0. The lowest BCUT2D eigenvalue weighted by Crippen LogP contribution is -2.63. The standard InChI is InChI=1S/C5H6F2O2/c1-4(2)5(6,7)3(8)9-4/h1-2H3. The van der Waals surface area contributed by atoms with Gasteiger partial charge in [-0.25, -0.2) is 4.79 Å². The maximum Gasteiger partial charge on any atom is 0.382 e. The Morgan fingerprint density at radius 2 is 1.89 bits per heavy atom. The highest BCUT2D eigenvalue weighted by atomic mass is 19.3. The van der Waals surface area contributed by atoms with Gasteiger partial charge in [0.05, 0.1) is 0 Å². The SMILES string of the molecule is CC1(C)OC(=O)C1(F)F. The van der Waals surface area contributed by atoms with Crippen LogP contribution in [-0.2, 0) is 9.53 Å². The molecule has 0 spiro atoms. The van der Waals surface area contributed by atoms with Crippen molar-refractivity contribution in [3.63, 3.8) is 0 Å². The second-order valence-electron chi connectivity index (χ2n) is 2.47. The van der Waals surface area contributed by atoms with Gasteiger partial charge in [-0.2, -0.15) is 8.78 Å². The Labute approximate surface area is 50.8 Å². The summed E-state index contributed by atoms with van der Waals surface area (Å²) in [6.07, 6.45) is 0. The van der Waals surface area contributed by atoms with Gasteiger partial charge in [0.15, 0.2) is 5.60 Å². The van der Waals surface area contributed by atoms with Crippen LogP contribution in [0.4, 0.5) is 8.78 Å². The van der Waals surface area contributed by atoms with Crippen LogP contribution >= 0.6 is 0 Å². The van der Waals surface area contributed by atoms with Gasteiger partial charge in [0.25, 0.3) is 0 Å². The van der Waals surface area contributed by atoms with E-state index in [1.807, 2.05) is 0 Å². The zero-order valence-corrected chi connectivity index (χ0v) is 5.07. The van der Waals surface area contributed by atoms with Crippen LogP contribution in [0.15, 0.2) is 0 Å². The minimum absolute atomic E-state index is 1.18. The molecule has 2 nitrogen and oxygen atoms in total. The van der Waals surface area contributed by atoms with Crippen molar-refractivity contribution in [1.29, 1.82) is 0 Å². The van der Waals surface area contributed by atoms with Gasteiger partial charge in [-0.15, -0.1) is 0 Å². The van der Waals surface area contributed by atoms with Gasteiger partial charge in [0.1, 0.15) is 0 Å². The third-order valence-corrected chi connectivity index (χ3v) is 1.36. The molecule has 1 aliphatic rings. The lowest BCUT2D eigenvalue weighted by Gasteiger charge is -2.41. The van der Waals surface area contributed by atoms with Gasteiger partial charge < -0.3 is 4.74 Å². The van der Waals surface area contributed by atoms with Crippen LogP contribution in [0.5, 0.6) is 0 Å². The minimum Gasteiger partial charge on any atom is -0.448 e. The quantitative estimate of drug-likeness (QED) is 0.463. The molecular formula is C5H6F2O2. The first-order valence-corrected chi connectivity index (χ1v) is 2.49. The molecule has 0 saturated carbocycles. The molecule has 1 aliphatic heterocycles. The highest BCUT2D eigenvalue weighted by Crippen LogP contribution is 2.42. The Morgan fingerprint density at radius 1 is 1.44 bits per heavy atom. The maximum absolute atomic E-state index is 12.2.